The van der Waals surface area contributed by atoms with Crippen molar-refractivity contribution < 1.29 is 23.2 Å². The molecule has 0 unspecified atom stereocenters. The number of carbonyl (C=O) groups is 1. The van der Waals surface area contributed by atoms with Crippen LogP contribution < -0.4 is 14.8 Å². The van der Waals surface area contributed by atoms with Gasteiger partial charge in [-0.05, 0) is 35.9 Å². The van der Waals surface area contributed by atoms with Crippen molar-refractivity contribution >= 4 is 5.91 Å². The molecule has 0 spiro atoms. The molecule has 1 aliphatic heterocycles. The number of nitrogens with zero attached hydrogens (tertiary/aromatic N) is 2. The smallest absolute Gasteiger partial charge is 0.292 e. The van der Waals surface area contributed by atoms with Crippen LogP contribution in [0.5, 0.6) is 11.5 Å². The van der Waals surface area contributed by atoms with Gasteiger partial charge in [0.25, 0.3) is 17.6 Å². The molecule has 2 aromatic carbocycles. The molecule has 0 bridgehead atoms. The molecule has 126 valence electrons. The first kappa shape index (κ1) is 15.1. The second-order valence-corrected chi connectivity index (χ2v) is 5.30. The average Bonchev–Trinajstić information content (AvgIpc) is 3.29. The van der Waals surface area contributed by atoms with E-state index in [2.05, 4.69) is 15.5 Å². The first-order valence-electron chi connectivity index (χ1n) is 7.45. The highest BCUT2D eigenvalue weighted by atomic mass is 19.1. The molecule has 7 nitrogen and oxygen atoms in total. The van der Waals surface area contributed by atoms with Crippen molar-refractivity contribution in [2.75, 3.05) is 6.79 Å². The van der Waals surface area contributed by atoms with Crippen molar-refractivity contribution in [1.29, 1.82) is 0 Å². The van der Waals surface area contributed by atoms with Gasteiger partial charge in [0.1, 0.15) is 5.82 Å². The molecular formula is C17H12FN3O4. The monoisotopic (exact) mass is 341 g/mol. The summed E-state index contributed by atoms with van der Waals surface area (Å²) in [6.45, 7) is 0.396. The van der Waals surface area contributed by atoms with E-state index < -0.39 is 5.91 Å². The van der Waals surface area contributed by atoms with Crippen molar-refractivity contribution in [3.05, 3.63) is 59.7 Å². The maximum absolute atomic E-state index is 12.9. The minimum absolute atomic E-state index is 0.0882. The van der Waals surface area contributed by atoms with E-state index >= 15 is 0 Å². The van der Waals surface area contributed by atoms with Gasteiger partial charge in [-0.1, -0.05) is 17.3 Å². The van der Waals surface area contributed by atoms with Crippen LogP contribution in [-0.2, 0) is 6.54 Å². The summed E-state index contributed by atoms with van der Waals surface area (Å²) >= 11 is 0. The third-order valence-electron chi connectivity index (χ3n) is 3.61. The fourth-order valence-electron chi connectivity index (χ4n) is 2.33. The summed E-state index contributed by atoms with van der Waals surface area (Å²) in [4.78, 5) is 16.2. The van der Waals surface area contributed by atoms with E-state index in [-0.39, 0.29) is 30.9 Å². The Morgan fingerprint density at radius 2 is 1.92 bits per heavy atom. The maximum atomic E-state index is 12.9. The first-order valence-corrected chi connectivity index (χ1v) is 7.45. The van der Waals surface area contributed by atoms with Crippen LogP contribution in [0.3, 0.4) is 0 Å². The number of amides is 1. The lowest BCUT2D eigenvalue weighted by Gasteiger charge is -2.02. The molecule has 2 heterocycles. The minimum Gasteiger partial charge on any atom is -0.454 e. The third-order valence-corrected chi connectivity index (χ3v) is 3.61. The summed E-state index contributed by atoms with van der Waals surface area (Å²) in [5.41, 5.74) is 1.38. The molecule has 0 radical (unpaired) electrons. The van der Waals surface area contributed by atoms with E-state index in [1.807, 2.05) is 0 Å². The largest absolute Gasteiger partial charge is 0.454 e. The number of benzene rings is 2. The number of hydrogen-bond donors (Lipinski definition) is 1. The zero-order valence-electron chi connectivity index (χ0n) is 12.9. The average molecular weight is 341 g/mol. The Morgan fingerprint density at radius 1 is 1.12 bits per heavy atom. The van der Waals surface area contributed by atoms with Gasteiger partial charge >= 0.3 is 0 Å². The van der Waals surface area contributed by atoms with Crippen LogP contribution in [0, 0.1) is 5.82 Å². The van der Waals surface area contributed by atoms with E-state index in [1.165, 1.54) is 12.1 Å². The van der Waals surface area contributed by atoms with Gasteiger partial charge in [0.2, 0.25) is 6.79 Å². The summed E-state index contributed by atoms with van der Waals surface area (Å²) in [6.07, 6.45) is 0. The van der Waals surface area contributed by atoms with Gasteiger partial charge in [0.15, 0.2) is 11.5 Å². The molecule has 25 heavy (non-hydrogen) atoms. The Bertz CT molecular complexity index is 924. The van der Waals surface area contributed by atoms with Crippen LogP contribution in [0.2, 0.25) is 0 Å². The normalized spacial score (nSPS) is 12.2. The summed E-state index contributed by atoms with van der Waals surface area (Å²) < 4.78 is 28.5. The van der Waals surface area contributed by atoms with Crippen LogP contribution in [0.1, 0.15) is 16.2 Å². The second kappa shape index (κ2) is 6.23. The van der Waals surface area contributed by atoms with E-state index in [4.69, 9.17) is 14.0 Å². The molecule has 1 N–H and O–H groups in total. The first-order chi connectivity index (χ1) is 12.2. The standard InChI is InChI=1S/C17H12FN3O4/c18-12-4-1-10(2-5-12)8-19-16(22)15-20-17(25-21-15)11-3-6-13-14(7-11)24-9-23-13/h1-7H,8-9H2,(H,19,22). The van der Waals surface area contributed by atoms with E-state index in [0.717, 1.165) is 5.56 Å². The molecule has 0 atom stereocenters. The molecule has 3 aromatic rings. The number of halogens is 1. The number of hydrogen-bond acceptors (Lipinski definition) is 6. The van der Waals surface area contributed by atoms with Crippen LogP contribution in [0.25, 0.3) is 11.5 Å². The number of ether oxygens (including phenoxy) is 2. The zero-order chi connectivity index (χ0) is 17.2. The van der Waals surface area contributed by atoms with Crippen molar-refractivity contribution in [2.45, 2.75) is 6.54 Å². The van der Waals surface area contributed by atoms with E-state index in [0.29, 0.717) is 17.1 Å². The van der Waals surface area contributed by atoms with Crippen LogP contribution >= 0.6 is 0 Å². The summed E-state index contributed by atoms with van der Waals surface area (Å²) in [7, 11) is 0. The highest BCUT2D eigenvalue weighted by molar-refractivity contribution is 5.90. The Morgan fingerprint density at radius 3 is 2.76 bits per heavy atom. The van der Waals surface area contributed by atoms with Gasteiger partial charge in [-0.15, -0.1) is 0 Å². The Hall–Kier alpha value is -3.42. The van der Waals surface area contributed by atoms with E-state index in [1.54, 1.807) is 30.3 Å². The molecule has 8 heteroatoms. The highest BCUT2D eigenvalue weighted by Gasteiger charge is 2.19. The van der Waals surface area contributed by atoms with Crippen molar-refractivity contribution in [2.24, 2.45) is 0 Å². The lowest BCUT2D eigenvalue weighted by molar-refractivity contribution is 0.0937. The molecule has 1 amide bonds. The minimum atomic E-state index is -0.486. The SMILES string of the molecule is O=C(NCc1ccc(F)cc1)c1noc(-c2ccc3c(c2)OCO3)n1. The number of carbonyl (C=O) groups excluding carboxylic acids is 1. The Kier molecular flexibility index (Phi) is 3.77. The topological polar surface area (TPSA) is 86.5 Å². The van der Waals surface area contributed by atoms with E-state index in [9.17, 15) is 9.18 Å². The second-order valence-electron chi connectivity index (χ2n) is 5.30. The fraction of sp³-hybridized carbons (Fsp3) is 0.118. The van der Waals surface area contributed by atoms with Gasteiger partial charge in [0.05, 0.1) is 0 Å². The maximum Gasteiger partial charge on any atom is 0.292 e. The van der Waals surface area contributed by atoms with Crippen LogP contribution in [0.4, 0.5) is 4.39 Å². The summed E-state index contributed by atoms with van der Waals surface area (Å²) in [5, 5.41) is 6.33. The molecule has 1 aromatic heterocycles. The molecule has 1 aliphatic rings. The predicted octanol–water partition coefficient (Wildman–Crippen LogP) is 2.53. The number of aromatic nitrogens is 2. The number of fused-ring (bicyclic) bond motifs is 1. The lowest BCUT2D eigenvalue weighted by atomic mass is 10.2. The molecule has 0 saturated heterocycles. The highest BCUT2D eigenvalue weighted by Crippen LogP contribution is 2.35. The van der Waals surface area contributed by atoms with Gasteiger partial charge in [0, 0.05) is 12.1 Å². The molecule has 0 saturated carbocycles. The van der Waals surface area contributed by atoms with Crippen LogP contribution in [0.15, 0.2) is 47.0 Å². The fourth-order valence-corrected chi connectivity index (χ4v) is 2.33. The summed E-state index contributed by atoms with van der Waals surface area (Å²) in [5.74, 6) is 0.514. The molecular weight excluding hydrogens is 329 g/mol. The Labute approximate surface area is 141 Å². The zero-order valence-corrected chi connectivity index (χ0v) is 12.9. The van der Waals surface area contributed by atoms with Gasteiger partial charge in [-0.3, -0.25) is 4.79 Å². The molecule has 0 fully saturated rings. The quantitative estimate of drug-likeness (QED) is 0.785. The number of rotatable bonds is 4. The predicted molar refractivity (Wildman–Crippen MR) is 83.4 cm³/mol. The summed E-state index contributed by atoms with van der Waals surface area (Å²) in [6, 6.07) is 11.0. The van der Waals surface area contributed by atoms with Crippen molar-refractivity contribution in [3.8, 4) is 23.0 Å². The molecule has 0 aliphatic carbocycles. The van der Waals surface area contributed by atoms with Gasteiger partial charge in [-0.25, -0.2) is 4.39 Å². The lowest BCUT2D eigenvalue weighted by Crippen LogP contribution is -2.23. The third kappa shape index (κ3) is 3.14. The number of nitrogens with one attached hydrogen (secondary N) is 1. The van der Waals surface area contributed by atoms with Gasteiger partial charge < -0.3 is 19.3 Å². The van der Waals surface area contributed by atoms with Crippen molar-refractivity contribution in [3.63, 3.8) is 0 Å². The Balaban J connectivity index is 1.45. The van der Waals surface area contributed by atoms with Crippen LogP contribution in [-0.4, -0.2) is 22.8 Å². The molecule has 4 rings (SSSR count). The van der Waals surface area contributed by atoms with Crippen molar-refractivity contribution in [1.82, 2.24) is 15.5 Å². The van der Waals surface area contributed by atoms with Gasteiger partial charge in [-0.2, -0.15) is 4.98 Å².